The van der Waals surface area contributed by atoms with Crippen LogP contribution >= 0.6 is 0 Å². The quantitative estimate of drug-likeness (QED) is 0.663. The number of carbonyl (C=O) groups is 1. The fourth-order valence-corrected chi connectivity index (χ4v) is 1.39. The average Bonchev–Trinajstić information content (AvgIpc) is 2.43. The lowest BCUT2D eigenvalue weighted by atomic mass is 10.1. The molecule has 2 rings (SSSR count). The van der Waals surface area contributed by atoms with Gasteiger partial charge in [0.2, 0.25) is 5.91 Å². The van der Waals surface area contributed by atoms with Crippen molar-refractivity contribution >= 4 is 11.6 Å². The number of ether oxygens (including phenoxy) is 1. The maximum Gasteiger partial charge on any atom is 0.245 e. The van der Waals surface area contributed by atoms with Gasteiger partial charge in [-0.15, -0.1) is 0 Å². The molecule has 0 saturated heterocycles. The van der Waals surface area contributed by atoms with Crippen molar-refractivity contribution in [3.8, 4) is 5.75 Å². The summed E-state index contributed by atoms with van der Waals surface area (Å²) in [5, 5.41) is 2.68. The van der Waals surface area contributed by atoms with Gasteiger partial charge < -0.3 is 15.8 Å². The van der Waals surface area contributed by atoms with Crippen molar-refractivity contribution in [3.63, 3.8) is 0 Å². The summed E-state index contributed by atoms with van der Waals surface area (Å²) in [4.78, 5) is 11.2. The molecule has 0 spiro atoms. The van der Waals surface area contributed by atoms with E-state index < -0.39 is 6.04 Å². The molecular formula is C9H10N2O2. The molecule has 1 aromatic rings. The van der Waals surface area contributed by atoms with Gasteiger partial charge in [-0.2, -0.15) is 0 Å². The first-order valence-electron chi connectivity index (χ1n) is 3.97. The SMILES string of the molecule is COc1ccc2c(c1)C(N)C(=O)N2. The van der Waals surface area contributed by atoms with Crippen LogP contribution in [0.1, 0.15) is 11.6 Å². The van der Waals surface area contributed by atoms with Crippen LogP contribution in [0.25, 0.3) is 0 Å². The number of amides is 1. The summed E-state index contributed by atoms with van der Waals surface area (Å²) in [6.07, 6.45) is 0. The second-order valence-corrected chi connectivity index (χ2v) is 2.92. The predicted molar refractivity (Wildman–Crippen MR) is 48.6 cm³/mol. The van der Waals surface area contributed by atoms with Crippen molar-refractivity contribution in [1.29, 1.82) is 0 Å². The number of anilines is 1. The monoisotopic (exact) mass is 178 g/mol. The number of fused-ring (bicyclic) bond motifs is 1. The van der Waals surface area contributed by atoms with Gasteiger partial charge in [0.15, 0.2) is 0 Å². The zero-order valence-corrected chi connectivity index (χ0v) is 7.20. The van der Waals surface area contributed by atoms with E-state index in [0.717, 1.165) is 11.3 Å². The van der Waals surface area contributed by atoms with Gasteiger partial charge in [-0.1, -0.05) is 0 Å². The lowest BCUT2D eigenvalue weighted by Gasteiger charge is -2.03. The summed E-state index contributed by atoms with van der Waals surface area (Å²) in [7, 11) is 1.58. The highest BCUT2D eigenvalue weighted by Crippen LogP contribution is 2.31. The molecule has 0 radical (unpaired) electrons. The van der Waals surface area contributed by atoms with Gasteiger partial charge in [-0.3, -0.25) is 4.79 Å². The number of hydrogen-bond donors (Lipinski definition) is 2. The zero-order valence-electron chi connectivity index (χ0n) is 7.20. The topological polar surface area (TPSA) is 64.3 Å². The van der Waals surface area contributed by atoms with Gasteiger partial charge in [0.1, 0.15) is 11.8 Å². The van der Waals surface area contributed by atoms with Gasteiger partial charge in [0.05, 0.1) is 7.11 Å². The summed E-state index contributed by atoms with van der Waals surface area (Å²) in [5.74, 6) is 0.550. The third-order valence-electron chi connectivity index (χ3n) is 2.13. The highest BCUT2D eigenvalue weighted by atomic mass is 16.5. The molecule has 1 aliphatic rings. The molecule has 1 unspecified atom stereocenters. The van der Waals surface area contributed by atoms with E-state index in [1.807, 2.05) is 0 Å². The van der Waals surface area contributed by atoms with Crippen LogP contribution in [-0.4, -0.2) is 13.0 Å². The second kappa shape index (κ2) is 2.74. The van der Waals surface area contributed by atoms with Crippen molar-refractivity contribution in [2.24, 2.45) is 5.73 Å². The largest absolute Gasteiger partial charge is 0.497 e. The van der Waals surface area contributed by atoms with Gasteiger partial charge in [-0.25, -0.2) is 0 Å². The fourth-order valence-electron chi connectivity index (χ4n) is 1.39. The highest BCUT2D eigenvalue weighted by molar-refractivity contribution is 6.02. The lowest BCUT2D eigenvalue weighted by molar-refractivity contribution is -0.116. The Kier molecular flexibility index (Phi) is 1.70. The number of carbonyl (C=O) groups excluding carboxylic acids is 1. The van der Waals surface area contributed by atoms with Crippen molar-refractivity contribution < 1.29 is 9.53 Å². The Labute approximate surface area is 75.7 Å². The van der Waals surface area contributed by atoms with E-state index in [2.05, 4.69) is 5.32 Å². The van der Waals surface area contributed by atoms with Crippen molar-refractivity contribution in [1.82, 2.24) is 0 Å². The maximum atomic E-state index is 11.2. The number of hydrogen-bond acceptors (Lipinski definition) is 3. The molecule has 1 atom stereocenters. The third-order valence-corrected chi connectivity index (χ3v) is 2.13. The highest BCUT2D eigenvalue weighted by Gasteiger charge is 2.27. The fraction of sp³-hybridized carbons (Fsp3) is 0.222. The Morgan fingerprint density at radius 3 is 3.00 bits per heavy atom. The zero-order chi connectivity index (χ0) is 9.42. The van der Waals surface area contributed by atoms with E-state index in [0.29, 0.717) is 5.75 Å². The normalized spacial score (nSPS) is 19.5. The molecule has 0 aromatic heterocycles. The van der Waals surface area contributed by atoms with Crippen LogP contribution in [0.4, 0.5) is 5.69 Å². The minimum absolute atomic E-state index is 0.164. The molecule has 1 heterocycles. The predicted octanol–water partition coefficient (Wildman–Crippen LogP) is 0.647. The van der Waals surface area contributed by atoms with Crippen LogP contribution in [0.3, 0.4) is 0 Å². The molecule has 3 N–H and O–H groups in total. The summed E-state index contributed by atoms with van der Waals surface area (Å²) >= 11 is 0. The lowest BCUT2D eigenvalue weighted by Crippen LogP contribution is -2.19. The van der Waals surface area contributed by atoms with Crippen molar-refractivity contribution in [2.45, 2.75) is 6.04 Å². The molecule has 13 heavy (non-hydrogen) atoms. The number of nitrogens with two attached hydrogens (primary N) is 1. The molecule has 0 aliphatic carbocycles. The molecule has 68 valence electrons. The summed E-state index contributed by atoms with van der Waals surface area (Å²) in [5.41, 5.74) is 7.22. The van der Waals surface area contributed by atoms with Gasteiger partial charge >= 0.3 is 0 Å². The van der Waals surface area contributed by atoms with E-state index in [1.165, 1.54) is 0 Å². The van der Waals surface area contributed by atoms with Crippen molar-refractivity contribution in [2.75, 3.05) is 12.4 Å². The molecule has 0 fully saturated rings. The number of nitrogens with one attached hydrogen (secondary N) is 1. The van der Waals surface area contributed by atoms with Crippen LogP contribution in [0.2, 0.25) is 0 Å². The summed E-state index contributed by atoms with van der Waals surface area (Å²) in [6, 6.07) is 4.79. The number of benzene rings is 1. The Morgan fingerprint density at radius 1 is 1.54 bits per heavy atom. The second-order valence-electron chi connectivity index (χ2n) is 2.92. The summed E-state index contributed by atoms with van der Waals surface area (Å²) < 4.78 is 5.03. The molecule has 0 saturated carbocycles. The van der Waals surface area contributed by atoms with E-state index in [-0.39, 0.29) is 5.91 Å². The van der Waals surface area contributed by atoms with Crippen molar-refractivity contribution in [3.05, 3.63) is 23.8 Å². The van der Waals surface area contributed by atoms with Gasteiger partial charge in [0.25, 0.3) is 0 Å². The van der Waals surface area contributed by atoms with Crippen LogP contribution in [0, 0.1) is 0 Å². The minimum atomic E-state index is -0.565. The standard InChI is InChI=1S/C9H10N2O2/c1-13-5-2-3-7-6(4-5)8(10)9(12)11-7/h2-4,8H,10H2,1H3,(H,11,12). The van der Waals surface area contributed by atoms with E-state index >= 15 is 0 Å². The average molecular weight is 178 g/mol. The Bertz CT molecular complexity index is 363. The minimum Gasteiger partial charge on any atom is -0.497 e. The molecule has 0 bridgehead atoms. The van der Waals surface area contributed by atoms with Crippen LogP contribution in [-0.2, 0) is 4.79 Å². The summed E-state index contributed by atoms with van der Waals surface area (Å²) in [6.45, 7) is 0. The Morgan fingerprint density at radius 2 is 2.31 bits per heavy atom. The number of methoxy groups -OCH3 is 1. The first-order chi connectivity index (χ1) is 6.22. The van der Waals surface area contributed by atoms with Crippen LogP contribution < -0.4 is 15.8 Å². The molecule has 1 amide bonds. The molecular weight excluding hydrogens is 168 g/mol. The molecule has 4 heteroatoms. The van der Waals surface area contributed by atoms with Gasteiger partial charge in [0, 0.05) is 11.3 Å². The first kappa shape index (κ1) is 8.07. The van der Waals surface area contributed by atoms with E-state index in [1.54, 1.807) is 25.3 Å². The van der Waals surface area contributed by atoms with Crippen LogP contribution in [0.5, 0.6) is 5.75 Å². The molecule has 4 nitrogen and oxygen atoms in total. The Balaban J connectivity index is 2.47. The Hall–Kier alpha value is -1.55. The first-order valence-corrected chi connectivity index (χ1v) is 3.97. The van der Waals surface area contributed by atoms with Crippen LogP contribution in [0.15, 0.2) is 18.2 Å². The van der Waals surface area contributed by atoms with E-state index in [4.69, 9.17) is 10.5 Å². The molecule has 1 aromatic carbocycles. The third kappa shape index (κ3) is 1.15. The smallest absolute Gasteiger partial charge is 0.245 e. The van der Waals surface area contributed by atoms with E-state index in [9.17, 15) is 4.79 Å². The molecule has 1 aliphatic heterocycles. The van der Waals surface area contributed by atoms with Gasteiger partial charge in [-0.05, 0) is 18.2 Å². The maximum absolute atomic E-state index is 11.2. The number of rotatable bonds is 1.